The summed E-state index contributed by atoms with van der Waals surface area (Å²) < 4.78 is 0. The molecule has 0 aromatic rings. The normalized spacial score (nSPS) is 12.0. The molecule has 2 heteroatoms. The van der Waals surface area contributed by atoms with E-state index in [0.717, 1.165) is 6.54 Å². The van der Waals surface area contributed by atoms with Crippen molar-refractivity contribution in [2.75, 3.05) is 6.54 Å². The Hall–Kier alpha value is -0.0800. The van der Waals surface area contributed by atoms with E-state index in [1.807, 2.05) is 0 Å². The van der Waals surface area contributed by atoms with Crippen LogP contribution in [0.5, 0.6) is 0 Å². The molecular formula is C43H90N2. The number of hydrazine groups is 1. The second-order valence-corrected chi connectivity index (χ2v) is 15.7. The highest BCUT2D eigenvalue weighted by atomic mass is 15.4. The Kier molecular flexibility index (Phi) is 38.3. The maximum atomic E-state index is 3.62. The molecule has 2 nitrogen and oxygen atoms in total. The molecular weight excluding hydrogens is 544 g/mol. The first-order chi connectivity index (χ1) is 22.1. The Labute approximate surface area is 287 Å². The van der Waals surface area contributed by atoms with Gasteiger partial charge in [0.1, 0.15) is 0 Å². The second-order valence-electron chi connectivity index (χ2n) is 15.7. The van der Waals surface area contributed by atoms with Gasteiger partial charge in [-0.2, -0.15) is 0 Å². The largest absolute Gasteiger partial charge is 0.257 e. The Bertz CT molecular complexity index is 516. The molecule has 0 atom stereocenters. The maximum Gasteiger partial charge on any atom is 0.0267 e. The molecule has 0 aromatic carbocycles. The van der Waals surface area contributed by atoms with E-state index < -0.39 is 0 Å². The average Bonchev–Trinajstić information content (AvgIpc) is 3.03. The summed E-state index contributed by atoms with van der Waals surface area (Å²) in [5.41, 5.74) is 7.37. The summed E-state index contributed by atoms with van der Waals surface area (Å²) in [5.74, 6) is 0. The molecule has 2 N–H and O–H groups in total. The molecule has 0 aliphatic carbocycles. The number of unbranched alkanes of at least 4 members (excludes halogenated alkanes) is 34. The van der Waals surface area contributed by atoms with E-state index >= 15 is 0 Å². The molecule has 0 spiro atoms. The van der Waals surface area contributed by atoms with Crippen LogP contribution < -0.4 is 10.9 Å². The van der Waals surface area contributed by atoms with Crippen molar-refractivity contribution in [2.45, 2.75) is 271 Å². The highest BCUT2D eigenvalue weighted by Crippen LogP contribution is 2.18. The Balaban J connectivity index is 3.24. The van der Waals surface area contributed by atoms with Crippen LogP contribution in [0.15, 0.2) is 0 Å². The molecule has 0 unspecified atom stereocenters. The molecule has 0 saturated heterocycles. The number of hydrogen-bond donors (Lipinski definition) is 2. The summed E-state index contributed by atoms with van der Waals surface area (Å²) in [4.78, 5) is 0. The van der Waals surface area contributed by atoms with Crippen molar-refractivity contribution in [3.8, 4) is 0 Å². The highest BCUT2D eigenvalue weighted by molar-refractivity contribution is 4.75. The van der Waals surface area contributed by atoms with Crippen molar-refractivity contribution in [1.82, 2.24) is 10.9 Å². The summed E-state index contributed by atoms with van der Waals surface area (Å²) in [5, 5.41) is 0. The predicted molar refractivity (Wildman–Crippen MR) is 207 cm³/mol. The van der Waals surface area contributed by atoms with Gasteiger partial charge >= 0.3 is 0 Å². The molecule has 0 aromatic heterocycles. The van der Waals surface area contributed by atoms with E-state index in [1.54, 1.807) is 0 Å². The van der Waals surface area contributed by atoms with Gasteiger partial charge in [-0.25, -0.2) is 0 Å². The second kappa shape index (κ2) is 38.4. The van der Waals surface area contributed by atoms with Crippen LogP contribution in [0.4, 0.5) is 0 Å². The lowest BCUT2D eigenvalue weighted by Crippen LogP contribution is -2.48. The van der Waals surface area contributed by atoms with E-state index in [-0.39, 0.29) is 5.54 Å². The van der Waals surface area contributed by atoms with Gasteiger partial charge in [-0.05, 0) is 26.7 Å². The molecule has 0 fully saturated rings. The van der Waals surface area contributed by atoms with Crippen LogP contribution >= 0.6 is 0 Å². The minimum atomic E-state index is 0.212. The average molecular weight is 635 g/mol. The van der Waals surface area contributed by atoms with Gasteiger partial charge in [0.25, 0.3) is 0 Å². The minimum Gasteiger partial charge on any atom is -0.257 e. The fourth-order valence-corrected chi connectivity index (χ4v) is 6.95. The SMILES string of the molecule is CCCCCCCCCCCCCCCCCCCCCCNNC(C)(C)CCCCCCCCCCCCCCCCCC. The Morgan fingerprint density at radius 3 is 0.778 bits per heavy atom. The van der Waals surface area contributed by atoms with E-state index in [1.165, 1.54) is 238 Å². The third-order valence-corrected chi connectivity index (χ3v) is 10.2. The molecule has 0 bridgehead atoms. The zero-order chi connectivity index (χ0) is 32.8. The quantitative estimate of drug-likeness (QED) is 0.0517. The van der Waals surface area contributed by atoms with Gasteiger partial charge in [0, 0.05) is 12.1 Å². The fourth-order valence-electron chi connectivity index (χ4n) is 6.95. The van der Waals surface area contributed by atoms with Crippen LogP contribution in [0, 0.1) is 0 Å². The molecule has 45 heavy (non-hydrogen) atoms. The third-order valence-electron chi connectivity index (χ3n) is 10.2. The molecule has 0 aliphatic heterocycles. The van der Waals surface area contributed by atoms with Crippen molar-refractivity contribution >= 4 is 0 Å². The first-order valence-electron chi connectivity index (χ1n) is 21.6. The fraction of sp³-hybridized carbons (Fsp3) is 1.00. The third kappa shape index (κ3) is 40.0. The lowest BCUT2D eigenvalue weighted by molar-refractivity contribution is 0.298. The van der Waals surface area contributed by atoms with Crippen LogP contribution in [0.1, 0.15) is 265 Å². The molecule has 0 rings (SSSR count). The van der Waals surface area contributed by atoms with Gasteiger partial charge < -0.3 is 0 Å². The summed E-state index contributed by atoms with van der Waals surface area (Å²) in [6.45, 7) is 10.5. The van der Waals surface area contributed by atoms with Gasteiger partial charge in [0.15, 0.2) is 0 Å². The molecule has 0 amide bonds. The molecule has 0 heterocycles. The Morgan fingerprint density at radius 2 is 0.511 bits per heavy atom. The van der Waals surface area contributed by atoms with Gasteiger partial charge in [0.05, 0.1) is 0 Å². The van der Waals surface area contributed by atoms with E-state index in [0.29, 0.717) is 0 Å². The lowest BCUT2D eigenvalue weighted by Gasteiger charge is -2.27. The van der Waals surface area contributed by atoms with Crippen molar-refractivity contribution < 1.29 is 0 Å². The van der Waals surface area contributed by atoms with Crippen LogP contribution in [0.3, 0.4) is 0 Å². The van der Waals surface area contributed by atoms with E-state index in [9.17, 15) is 0 Å². The van der Waals surface area contributed by atoms with Crippen LogP contribution in [0.25, 0.3) is 0 Å². The molecule has 0 aliphatic rings. The minimum absolute atomic E-state index is 0.212. The van der Waals surface area contributed by atoms with Crippen molar-refractivity contribution in [3.63, 3.8) is 0 Å². The summed E-state index contributed by atoms with van der Waals surface area (Å²) >= 11 is 0. The molecule has 0 radical (unpaired) electrons. The zero-order valence-corrected chi connectivity index (χ0v) is 32.4. The zero-order valence-electron chi connectivity index (χ0n) is 32.4. The highest BCUT2D eigenvalue weighted by Gasteiger charge is 2.15. The number of nitrogens with one attached hydrogen (secondary N) is 2. The number of rotatable bonds is 40. The first kappa shape index (κ1) is 44.9. The molecule has 272 valence electrons. The van der Waals surface area contributed by atoms with E-state index in [4.69, 9.17) is 0 Å². The van der Waals surface area contributed by atoms with Crippen molar-refractivity contribution in [3.05, 3.63) is 0 Å². The monoisotopic (exact) mass is 635 g/mol. The van der Waals surface area contributed by atoms with Gasteiger partial charge in [0.2, 0.25) is 0 Å². The summed E-state index contributed by atoms with van der Waals surface area (Å²) in [6.07, 6.45) is 53.4. The van der Waals surface area contributed by atoms with Gasteiger partial charge in [-0.3, -0.25) is 10.9 Å². The lowest BCUT2D eigenvalue weighted by atomic mass is 9.96. The summed E-state index contributed by atoms with van der Waals surface area (Å²) in [7, 11) is 0. The van der Waals surface area contributed by atoms with Crippen LogP contribution in [-0.2, 0) is 0 Å². The standard InChI is InChI=1S/C43H90N2/c1-5-7-9-11-13-15-17-19-21-23-24-25-26-28-30-32-34-36-38-40-42-44-45-43(3,4)41-39-37-35-33-31-29-27-22-20-18-16-14-12-10-8-6-2/h44-45H,5-42H2,1-4H3. The smallest absolute Gasteiger partial charge is 0.0267 e. The van der Waals surface area contributed by atoms with Crippen LogP contribution in [0.2, 0.25) is 0 Å². The van der Waals surface area contributed by atoms with Crippen molar-refractivity contribution in [2.24, 2.45) is 0 Å². The van der Waals surface area contributed by atoms with Crippen LogP contribution in [-0.4, -0.2) is 12.1 Å². The molecule has 0 saturated carbocycles. The van der Waals surface area contributed by atoms with Crippen molar-refractivity contribution in [1.29, 1.82) is 0 Å². The maximum absolute atomic E-state index is 3.62. The van der Waals surface area contributed by atoms with E-state index in [2.05, 4.69) is 38.5 Å². The van der Waals surface area contributed by atoms with Gasteiger partial charge in [-0.1, -0.05) is 239 Å². The Morgan fingerprint density at radius 1 is 0.289 bits per heavy atom. The predicted octanol–water partition coefficient (Wildman–Crippen LogP) is 15.3. The van der Waals surface area contributed by atoms with Gasteiger partial charge in [-0.15, -0.1) is 0 Å². The number of hydrogen-bond acceptors (Lipinski definition) is 2. The first-order valence-corrected chi connectivity index (χ1v) is 21.6. The topological polar surface area (TPSA) is 24.1 Å². The summed E-state index contributed by atoms with van der Waals surface area (Å²) in [6, 6.07) is 0.